The molecule has 0 amide bonds. The third-order valence-corrected chi connectivity index (χ3v) is 10.5. The summed E-state index contributed by atoms with van der Waals surface area (Å²) in [4.78, 5) is 50.4. The fourth-order valence-electron chi connectivity index (χ4n) is 7.17. The second-order valence-electron chi connectivity index (χ2n) is 15.4. The van der Waals surface area contributed by atoms with Crippen molar-refractivity contribution in [2.45, 2.75) is 97.5 Å². The van der Waals surface area contributed by atoms with Gasteiger partial charge in [0.2, 0.25) is 0 Å². The summed E-state index contributed by atoms with van der Waals surface area (Å²) in [5, 5.41) is 0. The average molecular weight is 789 g/mol. The molecule has 0 aliphatic heterocycles. The molecule has 306 valence electrons. The van der Waals surface area contributed by atoms with Crippen LogP contribution in [0.2, 0.25) is 0 Å². The standard InChI is InChI=1S/C49H56O9/c1-5-6-7-8-9-10-11-12-13-46(50)55-40-27-19-38(20-28-40)48(52)57-42-23-15-36(16-24-42)37-17-25-43(26-18-37)58-49(53)39-21-29-41(30-22-39)56-47(51)33-54-45-32-35(4)14-31-44(45)34(2)3/h5,15-30,34-35,44-45H,1,6-14,31-33H2,2-4H3. The first-order chi connectivity index (χ1) is 28.1. The smallest absolute Gasteiger partial charge is 0.343 e. The lowest BCUT2D eigenvalue weighted by molar-refractivity contribution is -0.145. The predicted molar refractivity (Wildman–Crippen MR) is 224 cm³/mol. The zero-order valence-corrected chi connectivity index (χ0v) is 34.0. The molecule has 3 unspecified atom stereocenters. The second-order valence-corrected chi connectivity index (χ2v) is 15.4. The molecule has 1 fully saturated rings. The van der Waals surface area contributed by atoms with Gasteiger partial charge in [-0.05, 0) is 134 Å². The quantitative estimate of drug-likeness (QED) is 0.0373. The first kappa shape index (κ1) is 43.6. The lowest BCUT2D eigenvalue weighted by Crippen LogP contribution is -2.36. The summed E-state index contributed by atoms with van der Waals surface area (Å²) >= 11 is 0. The predicted octanol–water partition coefficient (Wildman–Crippen LogP) is 11.4. The molecule has 1 aliphatic rings. The van der Waals surface area contributed by atoms with Gasteiger partial charge in [-0.15, -0.1) is 6.58 Å². The summed E-state index contributed by atoms with van der Waals surface area (Å²) < 4.78 is 28.0. The van der Waals surface area contributed by atoms with E-state index in [1.54, 1.807) is 72.8 Å². The summed E-state index contributed by atoms with van der Waals surface area (Å²) in [7, 11) is 0. The van der Waals surface area contributed by atoms with Crippen molar-refractivity contribution in [2.24, 2.45) is 17.8 Å². The Labute approximate surface area is 342 Å². The summed E-state index contributed by atoms with van der Waals surface area (Å²) in [6.07, 6.45) is 13.0. The average Bonchev–Trinajstić information content (AvgIpc) is 3.22. The molecule has 0 radical (unpaired) electrons. The molecule has 5 rings (SSSR count). The summed E-state index contributed by atoms with van der Waals surface area (Å²) in [6, 6.07) is 26.6. The monoisotopic (exact) mass is 788 g/mol. The van der Waals surface area contributed by atoms with Gasteiger partial charge in [-0.25, -0.2) is 14.4 Å². The highest BCUT2D eigenvalue weighted by Gasteiger charge is 2.32. The molecule has 9 heteroatoms. The molecule has 4 aromatic rings. The van der Waals surface area contributed by atoms with E-state index in [4.69, 9.17) is 23.7 Å². The van der Waals surface area contributed by atoms with E-state index in [-0.39, 0.29) is 18.7 Å². The molecule has 0 heterocycles. The highest BCUT2D eigenvalue weighted by molar-refractivity contribution is 5.92. The van der Waals surface area contributed by atoms with Crippen molar-refractivity contribution in [1.82, 2.24) is 0 Å². The van der Waals surface area contributed by atoms with E-state index < -0.39 is 17.9 Å². The lowest BCUT2D eigenvalue weighted by atomic mass is 9.75. The van der Waals surface area contributed by atoms with Crippen LogP contribution in [0.1, 0.15) is 112 Å². The Morgan fingerprint density at radius 2 is 1.05 bits per heavy atom. The zero-order chi connectivity index (χ0) is 41.3. The van der Waals surface area contributed by atoms with Crippen LogP contribution < -0.4 is 18.9 Å². The molecular weight excluding hydrogens is 733 g/mol. The number of unbranched alkanes of at least 4 members (excludes halogenated alkanes) is 6. The molecule has 9 nitrogen and oxygen atoms in total. The van der Waals surface area contributed by atoms with Crippen LogP contribution >= 0.6 is 0 Å². The van der Waals surface area contributed by atoms with Gasteiger partial charge in [0.1, 0.15) is 29.6 Å². The van der Waals surface area contributed by atoms with Crippen LogP contribution in [0.4, 0.5) is 0 Å². The number of allylic oxidation sites excluding steroid dienone is 1. The molecule has 0 saturated heterocycles. The van der Waals surface area contributed by atoms with Gasteiger partial charge in [-0.2, -0.15) is 0 Å². The lowest BCUT2D eigenvalue weighted by Gasteiger charge is -2.36. The Balaban J connectivity index is 1.02. The summed E-state index contributed by atoms with van der Waals surface area (Å²) in [6.45, 7) is 10.2. The van der Waals surface area contributed by atoms with Crippen molar-refractivity contribution in [1.29, 1.82) is 0 Å². The maximum Gasteiger partial charge on any atom is 0.343 e. The van der Waals surface area contributed by atoms with E-state index in [1.165, 1.54) is 19.3 Å². The topological polar surface area (TPSA) is 114 Å². The van der Waals surface area contributed by atoms with Crippen LogP contribution in [0.15, 0.2) is 110 Å². The Kier molecular flexibility index (Phi) is 16.8. The van der Waals surface area contributed by atoms with Crippen molar-refractivity contribution in [3.63, 3.8) is 0 Å². The molecule has 0 N–H and O–H groups in total. The summed E-state index contributed by atoms with van der Waals surface area (Å²) in [5.41, 5.74) is 2.38. The van der Waals surface area contributed by atoms with E-state index in [0.29, 0.717) is 58.3 Å². The number of ether oxygens (including phenoxy) is 5. The van der Waals surface area contributed by atoms with Gasteiger partial charge in [-0.1, -0.05) is 83.2 Å². The number of carbonyl (C=O) groups excluding carboxylic acids is 4. The van der Waals surface area contributed by atoms with Crippen LogP contribution in [0, 0.1) is 17.8 Å². The molecule has 0 spiro atoms. The number of rotatable bonds is 20. The number of benzene rings is 4. The number of carbonyl (C=O) groups is 4. The fourth-order valence-corrected chi connectivity index (χ4v) is 7.17. The highest BCUT2D eigenvalue weighted by atomic mass is 16.6. The van der Waals surface area contributed by atoms with Gasteiger partial charge in [0.25, 0.3) is 0 Å². The van der Waals surface area contributed by atoms with Gasteiger partial charge >= 0.3 is 23.9 Å². The van der Waals surface area contributed by atoms with Crippen LogP contribution in [-0.4, -0.2) is 36.6 Å². The van der Waals surface area contributed by atoms with Crippen LogP contribution in [-0.2, 0) is 14.3 Å². The third-order valence-electron chi connectivity index (χ3n) is 10.5. The Hall–Kier alpha value is -5.54. The van der Waals surface area contributed by atoms with Crippen molar-refractivity contribution in [3.8, 4) is 34.1 Å². The number of hydrogen-bond acceptors (Lipinski definition) is 9. The van der Waals surface area contributed by atoms with Crippen LogP contribution in [0.25, 0.3) is 11.1 Å². The van der Waals surface area contributed by atoms with Crippen molar-refractivity contribution >= 4 is 23.9 Å². The van der Waals surface area contributed by atoms with Gasteiger partial charge in [0.15, 0.2) is 0 Å². The molecule has 1 aliphatic carbocycles. The molecule has 0 aromatic heterocycles. The summed E-state index contributed by atoms with van der Waals surface area (Å²) in [5.74, 6) is 1.10. The van der Waals surface area contributed by atoms with E-state index in [0.717, 1.165) is 56.1 Å². The van der Waals surface area contributed by atoms with E-state index in [9.17, 15) is 19.2 Å². The minimum absolute atomic E-state index is 0.0465. The van der Waals surface area contributed by atoms with E-state index >= 15 is 0 Å². The van der Waals surface area contributed by atoms with Gasteiger partial charge in [-0.3, -0.25) is 4.79 Å². The second kappa shape index (κ2) is 22.4. The fraction of sp³-hybridized carbons (Fsp3) is 0.388. The first-order valence-electron chi connectivity index (χ1n) is 20.6. The largest absolute Gasteiger partial charge is 0.427 e. The number of hydrogen-bond donors (Lipinski definition) is 0. The molecule has 58 heavy (non-hydrogen) atoms. The molecule has 0 bridgehead atoms. The first-order valence-corrected chi connectivity index (χ1v) is 20.6. The van der Waals surface area contributed by atoms with Gasteiger partial charge in [0, 0.05) is 6.42 Å². The zero-order valence-electron chi connectivity index (χ0n) is 34.0. The van der Waals surface area contributed by atoms with Crippen LogP contribution in [0.3, 0.4) is 0 Å². The van der Waals surface area contributed by atoms with E-state index in [2.05, 4.69) is 27.4 Å². The SMILES string of the molecule is C=CCCCCCCCCC(=O)Oc1ccc(C(=O)Oc2ccc(-c3ccc(OC(=O)c4ccc(OC(=O)COC5CC(C)CCC5C(C)C)cc4)cc3)cc2)cc1. The Morgan fingerprint density at radius 3 is 1.55 bits per heavy atom. The molecule has 1 saturated carbocycles. The maximum absolute atomic E-state index is 12.8. The third kappa shape index (κ3) is 13.8. The Morgan fingerprint density at radius 1 is 0.603 bits per heavy atom. The highest BCUT2D eigenvalue weighted by Crippen LogP contribution is 2.35. The van der Waals surface area contributed by atoms with Gasteiger partial charge < -0.3 is 23.7 Å². The molecule has 3 atom stereocenters. The molecule has 4 aromatic carbocycles. The Bertz CT molecular complexity index is 1930. The van der Waals surface area contributed by atoms with E-state index in [1.807, 2.05) is 30.3 Å². The van der Waals surface area contributed by atoms with Crippen LogP contribution in [0.5, 0.6) is 23.0 Å². The van der Waals surface area contributed by atoms with Gasteiger partial charge in [0.05, 0.1) is 17.2 Å². The minimum atomic E-state index is -0.547. The van der Waals surface area contributed by atoms with Crippen molar-refractivity contribution in [3.05, 3.63) is 121 Å². The maximum atomic E-state index is 12.8. The van der Waals surface area contributed by atoms with Crippen molar-refractivity contribution < 1.29 is 42.9 Å². The van der Waals surface area contributed by atoms with Crippen molar-refractivity contribution in [2.75, 3.05) is 6.61 Å². The number of esters is 4. The minimum Gasteiger partial charge on any atom is -0.427 e. The molecular formula is C49H56O9. The normalized spacial score (nSPS) is 16.3.